The number of carbonyl (C=O) groups is 1. The van der Waals surface area contributed by atoms with Crippen LogP contribution in [0.5, 0.6) is 0 Å². The van der Waals surface area contributed by atoms with Crippen LogP contribution in [0.4, 0.5) is 0 Å². The number of benzene rings is 2. The van der Waals surface area contributed by atoms with Crippen LogP contribution in [0.15, 0.2) is 42.5 Å². The molecule has 1 fully saturated rings. The van der Waals surface area contributed by atoms with E-state index in [9.17, 15) is 4.79 Å². The molecule has 3 rings (SSSR count). The molecular weight excluding hydrogens is 252 g/mol. The first-order valence-corrected chi connectivity index (χ1v) is 6.93. The summed E-state index contributed by atoms with van der Waals surface area (Å²) in [6.45, 7) is 2.91. The molecule has 1 amide bonds. The summed E-state index contributed by atoms with van der Waals surface area (Å²) in [6.07, 6.45) is 0.0580. The molecule has 4 nitrogen and oxygen atoms in total. The molecule has 0 aromatic heterocycles. The summed E-state index contributed by atoms with van der Waals surface area (Å²) in [7, 11) is 0. The Kier molecular flexibility index (Phi) is 3.95. The Morgan fingerprint density at radius 2 is 2.10 bits per heavy atom. The fourth-order valence-corrected chi connectivity index (χ4v) is 2.48. The highest BCUT2D eigenvalue weighted by Crippen LogP contribution is 2.18. The van der Waals surface area contributed by atoms with E-state index in [0.29, 0.717) is 18.7 Å². The highest BCUT2D eigenvalue weighted by Gasteiger charge is 2.15. The van der Waals surface area contributed by atoms with Gasteiger partial charge in [-0.1, -0.05) is 36.4 Å². The third-order valence-corrected chi connectivity index (χ3v) is 3.53. The molecule has 1 saturated heterocycles. The minimum absolute atomic E-state index is 0.0454. The normalized spacial score (nSPS) is 18.9. The van der Waals surface area contributed by atoms with Gasteiger partial charge in [0, 0.05) is 25.2 Å². The fourth-order valence-electron chi connectivity index (χ4n) is 2.48. The number of fused-ring (bicyclic) bond motifs is 1. The predicted octanol–water partition coefficient (Wildman–Crippen LogP) is 1.56. The smallest absolute Gasteiger partial charge is 0.252 e. The minimum atomic E-state index is -0.0454. The van der Waals surface area contributed by atoms with Crippen molar-refractivity contribution in [3.8, 4) is 0 Å². The standard InChI is InChI=1S/C16H18N2O2/c19-16(18-11-13-10-17-8-9-20-13)15-7-3-5-12-4-1-2-6-14(12)15/h1-7,13,17H,8-11H2,(H,18,19). The van der Waals surface area contributed by atoms with E-state index in [1.807, 2.05) is 42.5 Å². The first-order valence-electron chi connectivity index (χ1n) is 6.93. The van der Waals surface area contributed by atoms with Crippen LogP contribution in [0, 0.1) is 0 Å². The number of hydrogen-bond acceptors (Lipinski definition) is 3. The van der Waals surface area contributed by atoms with Crippen molar-refractivity contribution in [2.45, 2.75) is 6.10 Å². The molecule has 1 aliphatic heterocycles. The number of ether oxygens (including phenoxy) is 1. The van der Waals surface area contributed by atoms with Crippen molar-refractivity contribution < 1.29 is 9.53 Å². The summed E-state index contributed by atoms with van der Waals surface area (Å²) in [4.78, 5) is 12.3. The maximum absolute atomic E-state index is 12.3. The number of rotatable bonds is 3. The van der Waals surface area contributed by atoms with Crippen LogP contribution in [0.3, 0.4) is 0 Å². The van der Waals surface area contributed by atoms with E-state index in [-0.39, 0.29) is 12.0 Å². The van der Waals surface area contributed by atoms with Crippen molar-refractivity contribution in [3.05, 3.63) is 48.0 Å². The van der Waals surface area contributed by atoms with Crippen molar-refractivity contribution >= 4 is 16.7 Å². The van der Waals surface area contributed by atoms with Gasteiger partial charge in [0.1, 0.15) is 0 Å². The number of nitrogens with one attached hydrogen (secondary N) is 2. The minimum Gasteiger partial charge on any atom is -0.374 e. The Morgan fingerprint density at radius 1 is 1.25 bits per heavy atom. The summed E-state index contributed by atoms with van der Waals surface area (Å²) in [5, 5.41) is 8.27. The van der Waals surface area contributed by atoms with Crippen molar-refractivity contribution in [1.82, 2.24) is 10.6 Å². The third-order valence-electron chi connectivity index (χ3n) is 3.53. The van der Waals surface area contributed by atoms with Gasteiger partial charge in [0.25, 0.3) is 5.91 Å². The maximum Gasteiger partial charge on any atom is 0.252 e. The number of morpholine rings is 1. The molecule has 0 bridgehead atoms. The predicted molar refractivity (Wildman–Crippen MR) is 78.9 cm³/mol. The average Bonchev–Trinajstić information content (AvgIpc) is 2.53. The Hall–Kier alpha value is -1.91. The van der Waals surface area contributed by atoms with E-state index in [4.69, 9.17) is 4.74 Å². The lowest BCUT2D eigenvalue weighted by atomic mass is 10.0. The summed E-state index contributed by atoms with van der Waals surface area (Å²) < 4.78 is 5.57. The molecule has 0 spiro atoms. The molecule has 20 heavy (non-hydrogen) atoms. The Labute approximate surface area is 118 Å². The van der Waals surface area contributed by atoms with Crippen molar-refractivity contribution in [3.63, 3.8) is 0 Å². The molecule has 0 aliphatic carbocycles. The molecule has 0 radical (unpaired) electrons. The second kappa shape index (κ2) is 6.03. The van der Waals surface area contributed by atoms with Gasteiger partial charge in [-0.15, -0.1) is 0 Å². The van der Waals surface area contributed by atoms with E-state index >= 15 is 0 Å². The summed E-state index contributed by atoms with van der Waals surface area (Å²) >= 11 is 0. The topological polar surface area (TPSA) is 50.4 Å². The molecule has 104 valence electrons. The molecule has 2 N–H and O–H groups in total. The van der Waals surface area contributed by atoms with Gasteiger partial charge < -0.3 is 15.4 Å². The highest BCUT2D eigenvalue weighted by molar-refractivity contribution is 6.06. The number of carbonyl (C=O) groups excluding carboxylic acids is 1. The monoisotopic (exact) mass is 270 g/mol. The van der Waals surface area contributed by atoms with Crippen LogP contribution in [0.2, 0.25) is 0 Å². The van der Waals surface area contributed by atoms with Gasteiger partial charge >= 0.3 is 0 Å². The largest absolute Gasteiger partial charge is 0.374 e. The van der Waals surface area contributed by atoms with E-state index < -0.39 is 0 Å². The summed E-state index contributed by atoms with van der Waals surface area (Å²) in [5.74, 6) is -0.0454. The first-order chi connectivity index (χ1) is 9.84. The Balaban J connectivity index is 1.72. The van der Waals surface area contributed by atoms with Crippen LogP contribution in [0.25, 0.3) is 10.8 Å². The van der Waals surface area contributed by atoms with Crippen LogP contribution in [-0.2, 0) is 4.74 Å². The lowest BCUT2D eigenvalue weighted by Crippen LogP contribution is -2.45. The molecule has 1 aliphatic rings. The first kappa shape index (κ1) is 13.1. The van der Waals surface area contributed by atoms with Gasteiger partial charge in [-0.05, 0) is 16.8 Å². The molecule has 1 heterocycles. The van der Waals surface area contributed by atoms with Crippen molar-refractivity contribution in [2.75, 3.05) is 26.2 Å². The summed E-state index contributed by atoms with van der Waals surface area (Å²) in [6, 6.07) is 13.7. The zero-order valence-electron chi connectivity index (χ0n) is 11.3. The van der Waals surface area contributed by atoms with E-state index in [2.05, 4.69) is 10.6 Å². The molecule has 2 aromatic rings. The Bertz CT molecular complexity index is 601. The van der Waals surface area contributed by atoms with Crippen LogP contribution < -0.4 is 10.6 Å². The molecule has 1 unspecified atom stereocenters. The van der Waals surface area contributed by atoms with Crippen LogP contribution in [0.1, 0.15) is 10.4 Å². The third kappa shape index (κ3) is 2.81. The molecular formula is C16H18N2O2. The van der Waals surface area contributed by atoms with Crippen molar-refractivity contribution in [1.29, 1.82) is 0 Å². The second-order valence-electron chi connectivity index (χ2n) is 4.93. The quantitative estimate of drug-likeness (QED) is 0.890. The fraction of sp³-hybridized carbons (Fsp3) is 0.312. The zero-order chi connectivity index (χ0) is 13.8. The molecule has 2 aromatic carbocycles. The van der Waals surface area contributed by atoms with Gasteiger partial charge in [0.05, 0.1) is 12.7 Å². The van der Waals surface area contributed by atoms with E-state index in [1.165, 1.54) is 0 Å². The molecule has 1 atom stereocenters. The Morgan fingerprint density at radius 3 is 2.95 bits per heavy atom. The average molecular weight is 270 g/mol. The zero-order valence-corrected chi connectivity index (χ0v) is 11.3. The van der Waals surface area contributed by atoms with Crippen LogP contribution in [-0.4, -0.2) is 38.3 Å². The lowest BCUT2D eigenvalue weighted by molar-refractivity contribution is 0.0287. The maximum atomic E-state index is 12.3. The van der Waals surface area contributed by atoms with Gasteiger partial charge in [-0.2, -0.15) is 0 Å². The second-order valence-corrected chi connectivity index (χ2v) is 4.93. The SMILES string of the molecule is O=C(NCC1CNCCO1)c1cccc2ccccc12. The van der Waals surface area contributed by atoms with Gasteiger partial charge in [-0.3, -0.25) is 4.79 Å². The summed E-state index contributed by atoms with van der Waals surface area (Å²) in [5.41, 5.74) is 0.715. The lowest BCUT2D eigenvalue weighted by Gasteiger charge is -2.23. The van der Waals surface area contributed by atoms with Gasteiger partial charge in [-0.25, -0.2) is 0 Å². The van der Waals surface area contributed by atoms with Gasteiger partial charge in [0.2, 0.25) is 0 Å². The van der Waals surface area contributed by atoms with E-state index in [1.54, 1.807) is 0 Å². The molecule has 4 heteroatoms. The number of hydrogen-bond donors (Lipinski definition) is 2. The highest BCUT2D eigenvalue weighted by atomic mass is 16.5. The van der Waals surface area contributed by atoms with Gasteiger partial charge in [0.15, 0.2) is 0 Å². The van der Waals surface area contributed by atoms with Crippen molar-refractivity contribution in [2.24, 2.45) is 0 Å². The number of amides is 1. The molecule has 0 saturated carbocycles. The van der Waals surface area contributed by atoms with E-state index in [0.717, 1.165) is 23.9 Å². The van der Waals surface area contributed by atoms with Crippen LogP contribution >= 0.6 is 0 Å².